The van der Waals surface area contributed by atoms with Crippen LogP contribution in [0, 0.1) is 6.92 Å². The number of hydrogen-bond acceptors (Lipinski definition) is 3. The Labute approximate surface area is 149 Å². The number of likely N-dealkylation sites (N-methyl/N-ethyl adjacent to an activating group) is 1. The van der Waals surface area contributed by atoms with E-state index in [9.17, 15) is 4.79 Å². The van der Waals surface area contributed by atoms with E-state index in [-0.39, 0.29) is 5.91 Å². The SMILES string of the molecule is CCN1CCN(C(=O)c2cc(C3CC3)n(-c3cccc(C)c3)n2)CC1. The molecular weight excluding hydrogens is 312 g/mol. The van der Waals surface area contributed by atoms with Gasteiger partial charge in [-0.15, -0.1) is 0 Å². The maximum Gasteiger partial charge on any atom is 0.274 e. The average molecular weight is 338 g/mol. The molecular formula is C20H26N4O. The fraction of sp³-hybridized carbons (Fsp3) is 0.500. The smallest absolute Gasteiger partial charge is 0.274 e. The van der Waals surface area contributed by atoms with Gasteiger partial charge in [-0.25, -0.2) is 4.68 Å². The summed E-state index contributed by atoms with van der Waals surface area (Å²) in [4.78, 5) is 17.3. The zero-order valence-electron chi connectivity index (χ0n) is 15.1. The molecule has 1 aromatic carbocycles. The van der Waals surface area contributed by atoms with Gasteiger partial charge in [-0.2, -0.15) is 5.10 Å². The molecule has 2 aliphatic rings. The van der Waals surface area contributed by atoms with Gasteiger partial charge in [0.25, 0.3) is 5.91 Å². The lowest BCUT2D eigenvalue weighted by atomic mass is 10.2. The van der Waals surface area contributed by atoms with Crippen LogP contribution in [0.2, 0.25) is 0 Å². The second kappa shape index (κ2) is 6.64. The van der Waals surface area contributed by atoms with Crippen LogP contribution in [0.15, 0.2) is 30.3 Å². The molecule has 5 heteroatoms. The summed E-state index contributed by atoms with van der Waals surface area (Å²) in [5.41, 5.74) is 4.03. The third-order valence-corrected chi connectivity index (χ3v) is 5.30. The van der Waals surface area contributed by atoms with E-state index in [0.717, 1.165) is 38.4 Å². The summed E-state index contributed by atoms with van der Waals surface area (Å²) in [5.74, 6) is 0.621. The van der Waals surface area contributed by atoms with Crippen molar-refractivity contribution in [3.63, 3.8) is 0 Å². The van der Waals surface area contributed by atoms with Crippen LogP contribution in [0.3, 0.4) is 0 Å². The van der Waals surface area contributed by atoms with Gasteiger partial charge in [0.15, 0.2) is 5.69 Å². The molecule has 0 spiro atoms. The number of rotatable bonds is 4. The molecule has 1 amide bonds. The molecule has 5 nitrogen and oxygen atoms in total. The molecule has 0 atom stereocenters. The molecule has 2 heterocycles. The van der Waals surface area contributed by atoms with Crippen molar-refractivity contribution in [2.45, 2.75) is 32.6 Å². The number of benzene rings is 1. The minimum Gasteiger partial charge on any atom is -0.335 e. The number of piperazine rings is 1. The summed E-state index contributed by atoms with van der Waals surface area (Å²) in [6.07, 6.45) is 2.39. The standard InChI is InChI=1S/C20H26N4O/c1-3-22-9-11-23(12-10-22)20(25)18-14-19(16-7-8-16)24(21-18)17-6-4-5-15(2)13-17/h4-6,13-14,16H,3,7-12H2,1-2H3. The van der Waals surface area contributed by atoms with Crippen LogP contribution in [0.1, 0.15) is 47.4 Å². The molecule has 1 aromatic heterocycles. The van der Waals surface area contributed by atoms with Gasteiger partial charge < -0.3 is 9.80 Å². The van der Waals surface area contributed by atoms with Crippen molar-refractivity contribution >= 4 is 5.91 Å². The first-order valence-corrected chi connectivity index (χ1v) is 9.34. The number of carbonyl (C=O) groups is 1. The number of aryl methyl sites for hydroxylation is 1. The first kappa shape index (κ1) is 16.3. The van der Waals surface area contributed by atoms with Gasteiger partial charge in [0, 0.05) is 37.8 Å². The van der Waals surface area contributed by atoms with Crippen LogP contribution >= 0.6 is 0 Å². The Bertz CT molecular complexity index is 770. The largest absolute Gasteiger partial charge is 0.335 e. The van der Waals surface area contributed by atoms with Crippen molar-refractivity contribution in [1.82, 2.24) is 19.6 Å². The van der Waals surface area contributed by atoms with Crippen molar-refractivity contribution < 1.29 is 4.79 Å². The molecule has 2 aromatic rings. The molecule has 25 heavy (non-hydrogen) atoms. The van der Waals surface area contributed by atoms with E-state index >= 15 is 0 Å². The van der Waals surface area contributed by atoms with Gasteiger partial charge in [-0.3, -0.25) is 4.79 Å². The highest BCUT2D eigenvalue weighted by Crippen LogP contribution is 2.41. The van der Waals surface area contributed by atoms with Crippen LogP contribution in [0.4, 0.5) is 0 Å². The zero-order chi connectivity index (χ0) is 17.4. The highest BCUT2D eigenvalue weighted by molar-refractivity contribution is 5.92. The Morgan fingerprint density at radius 1 is 1.16 bits per heavy atom. The maximum atomic E-state index is 12.9. The molecule has 132 valence electrons. The van der Waals surface area contributed by atoms with E-state index < -0.39 is 0 Å². The molecule has 0 unspecified atom stereocenters. The fourth-order valence-electron chi connectivity index (χ4n) is 3.57. The summed E-state index contributed by atoms with van der Waals surface area (Å²) in [6.45, 7) is 8.81. The van der Waals surface area contributed by atoms with Gasteiger partial charge in [-0.05, 0) is 50.1 Å². The Morgan fingerprint density at radius 3 is 2.56 bits per heavy atom. The molecule has 4 rings (SSSR count). The number of aromatic nitrogens is 2. The highest BCUT2D eigenvalue weighted by atomic mass is 16.2. The van der Waals surface area contributed by atoms with E-state index in [1.54, 1.807) is 0 Å². The topological polar surface area (TPSA) is 41.4 Å². The van der Waals surface area contributed by atoms with E-state index in [2.05, 4.69) is 43.0 Å². The summed E-state index contributed by atoms with van der Waals surface area (Å²) >= 11 is 0. The van der Waals surface area contributed by atoms with E-state index in [4.69, 9.17) is 5.10 Å². The Kier molecular flexibility index (Phi) is 4.34. The summed E-state index contributed by atoms with van der Waals surface area (Å²) in [7, 11) is 0. The van der Waals surface area contributed by atoms with Crippen LogP contribution < -0.4 is 0 Å². The van der Waals surface area contributed by atoms with Crippen LogP contribution in [-0.2, 0) is 0 Å². The van der Waals surface area contributed by atoms with Gasteiger partial charge in [-0.1, -0.05) is 19.1 Å². The van der Waals surface area contributed by atoms with Gasteiger partial charge >= 0.3 is 0 Å². The average Bonchev–Trinajstić information content (AvgIpc) is 3.39. The minimum absolute atomic E-state index is 0.0732. The second-order valence-corrected chi connectivity index (χ2v) is 7.21. The van der Waals surface area contributed by atoms with Gasteiger partial charge in [0.1, 0.15) is 0 Å². The van der Waals surface area contributed by atoms with Crippen LogP contribution in [-0.4, -0.2) is 58.2 Å². The summed E-state index contributed by atoms with van der Waals surface area (Å²) in [5, 5.41) is 4.71. The van der Waals surface area contributed by atoms with Crippen molar-refractivity contribution in [3.05, 3.63) is 47.3 Å². The number of carbonyl (C=O) groups excluding carboxylic acids is 1. The number of hydrogen-bond donors (Lipinski definition) is 0. The lowest BCUT2D eigenvalue weighted by molar-refractivity contribution is 0.0637. The van der Waals surface area contributed by atoms with Crippen LogP contribution in [0.5, 0.6) is 0 Å². The maximum absolute atomic E-state index is 12.9. The van der Waals surface area contributed by atoms with E-state index in [1.165, 1.54) is 24.1 Å². The Balaban J connectivity index is 1.60. The third kappa shape index (κ3) is 3.33. The van der Waals surface area contributed by atoms with E-state index in [0.29, 0.717) is 11.6 Å². The van der Waals surface area contributed by atoms with Crippen molar-refractivity contribution in [3.8, 4) is 5.69 Å². The minimum atomic E-state index is 0.0732. The Hall–Kier alpha value is -2.14. The molecule has 1 saturated heterocycles. The molecule has 0 N–H and O–H groups in total. The molecule has 1 saturated carbocycles. The molecule has 2 fully saturated rings. The predicted octanol–water partition coefficient (Wildman–Crippen LogP) is 2.84. The Morgan fingerprint density at radius 2 is 1.92 bits per heavy atom. The lowest BCUT2D eigenvalue weighted by Crippen LogP contribution is -2.48. The lowest BCUT2D eigenvalue weighted by Gasteiger charge is -2.33. The summed E-state index contributed by atoms with van der Waals surface area (Å²) in [6, 6.07) is 10.4. The van der Waals surface area contributed by atoms with Gasteiger partial charge in [0.05, 0.1) is 5.69 Å². The number of amides is 1. The first-order chi connectivity index (χ1) is 12.2. The second-order valence-electron chi connectivity index (χ2n) is 7.21. The monoisotopic (exact) mass is 338 g/mol. The normalized spacial score (nSPS) is 18.6. The highest BCUT2D eigenvalue weighted by Gasteiger charge is 2.31. The summed E-state index contributed by atoms with van der Waals surface area (Å²) < 4.78 is 1.99. The number of nitrogens with zero attached hydrogens (tertiary/aromatic N) is 4. The van der Waals surface area contributed by atoms with Gasteiger partial charge in [0.2, 0.25) is 0 Å². The van der Waals surface area contributed by atoms with E-state index in [1.807, 2.05) is 15.6 Å². The third-order valence-electron chi connectivity index (χ3n) is 5.30. The van der Waals surface area contributed by atoms with Crippen molar-refractivity contribution in [2.75, 3.05) is 32.7 Å². The molecule has 0 bridgehead atoms. The fourth-order valence-corrected chi connectivity index (χ4v) is 3.57. The quantitative estimate of drug-likeness (QED) is 0.861. The van der Waals surface area contributed by atoms with Crippen molar-refractivity contribution in [1.29, 1.82) is 0 Å². The van der Waals surface area contributed by atoms with Crippen molar-refractivity contribution in [2.24, 2.45) is 0 Å². The molecule has 1 aliphatic heterocycles. The molecule has 0 radical (unpaired) electrons. The molecule has 1 aliphatic carbocycles. The predicted molar refractivity (Wildman–Crippen MR) is 98.3 cm³/mol. The zero-order valence-corrected chi connectivity index (χ0v) is 15.1. The first-order valence-electron chi connectivity index (χ1n) is 9.34. The van der Waals surface area contributed by atoms with Crippen LogP contribution in [0.25, 0.3) is 5.69 Å².